The van der Waals surface area contributed by atoms with Crippen LogP contribution in [0.2, 0.25) is 0 Å². The first kappa shape index (κ1) is 21.2. The molecule has 0 saturated heterocycles. The number of ether oxygens (including phenoxy) is 2. The van der Waals surface area contributed by atoms with Gasteiger partial charge in [0, 0.05) is 23.9 Å². The first-order valence-electron chi connectivity index (χ1n) is 10.2. The molecular weight excluding hydrogens is 376 g/mol. The van der Waals surface area contributed by atoms with Crippen LogP contribution in [0.1, 0.15) is 19.4 Å². The van der Waals surface area contributed by atoms with Gasteiger partial charge in [0.05, 0.1) is 19.3 Å². The lowest BCUT2D eigenvalue weighted by atomic mass is 10.2. The largest absolute Gasteiger partial charge is 0.493 e. The van der Waals surface area contributed by atoms with Crippen LogP contribution in [0, 0.1) is 0 Å². The van der Waals surface area contributed by atoms with Crippen molar-refractivity contribution in [2.24, 2.45) is 0 Å². The quantitative estimate of drug-likeness (QED) is 0.491. The molecule has 0 fully saturated rings. The summed E-state index contributed by atoms with van der Waals surface area (Å²) in [6.07, 6.45) is 0.968. The summed E-state index contributed by atoms with van der Waals surface area (Å²) in [7, 11) is 0. The fourth-order valence-electron chi connectivity index (χ4n) is 2.91. The first-order valence-corrected chi connectivity index (χ1v) is 10.2. The first-order chi connectivity index (χ1) is 14.6. The van der Waals surface area contributed by atoms with Crippen LogP contribution in [-0.4, -0.2) is 25.2 Å². The van der Waals surface area contributed by atoms with Gasteiger partial charge < -0.3 is 20.1 Å². The van der Waals surface area contributed by atoms with E-state index < -0.39 is 0 Å². The van der Waals surface area contributed by atoms with Crippen molar-refractivity contribution >= 4 is 17.3 Å². The molecule has 3 rings (SSSR count). The second kappa shape index (κ2) is 10.9. The molecule has 0 aliphatic carbocycles. The van der Waals surface area contributed by atoms with Crippen molar-refractivity contribution in [3.05, 3.63) is 84.4 Å². The maximum absolute atomic E-state index is 12.3. The summed E-state index contributed by atoms with van der Waals surface area (Å²) < 4.78 is 11.4. The van der Waals surface area contributed by atoms with Gasteiger partial charge in [0.2, 0.25) is 5.91 Å². The summed E-state index contributed by atoms with van der Waals surface area (Å²) in [6.45, 7) is 4.72. The van der Waals surface area contributed by atoms with E-state index in [0.717, 1.165) is 23.6 Å². The third-order valence-corrected chi connectivity index (χ3v) is 4.30. The van der Waals surface area contributed by atoms with Crippen LogP contribution in [0.25, 0.3) is 0 Å². The monoisotopic (exact) mass is 404 g/mol. The molecule has 0 aliphatic rings. The molecule has 156 valence electrons. The number of benzene rings is 3. The normalized spacial score (nSPS) is 10.5. The summed E-state index contributed by atoms with van der Waals surface area (Å²) in [6, 6.07) is 25.2. The van der Waals surface area contributed by atoms with Crippen LogP contribution < -0.4 is 20.1 Å². The minimum Gasteiger partial charge on any atom is -0.493 e. The molecule has 3 aromatic rings. The fourth-order valence-corrected chi connectivity index (χ4v) is 2.91. The molecular formula is C25H28N2O3. The van der Waals surface area contributed by atoms with Gasteiger partial charge in [0.15, 0.2) is 0 Å². The van der Waals surface area contributed by atoms with Crippen LogP contribution in [-0.2, 0) is 11.2 Å². The van der Waals surface area contributed by atoms with E-state index >= 15 is 0 Å². The topological polar surface area (TPSA) is 59.6 Å². The predicted octanol–water partition coefficient (Wildman–Crippen LogP) is 5.15. The standard InChI is InChI=1S/C25H28N2O3/c1-19(2)30-23-13-11-21(12-14-23)26-18-25(28)27-22-9-6-10-24(17-22)29-16-15-20-7-4-3-5-8-20/h3-14,17,19,26H,15-16,18H2,1-2H3,(H,27,28). The zero-order valence-electron chi connectivity index (χ0n) is 17.4. The van der Waals surface area contributed by atoms with Gasteiger partial charge in [-0.2, -0.15) is 0 Å². The minimum absolute atomic E-state index is 0.126. The molecule has 0 bridgehead atoms. The Morgan fingerprint density at radius 2 is 1.63 bits per heavy atom. The Morgan fingerprint density at radius 1 is 0.867 bits per heavy atom. The third-order valence-electron chi connectivity index (χ3n) is 4.30. The maximum atomic E-state index is 12.3. The van der Waals surface area contributed by atoms with Gasteiger partial charge in [0.25, 0.3) is 0 Å². The molecule has 0 heterocycles. The zero-order chi connectivity index (χ0) is 21.2. The van der Waals surface area contributed by atoms with Crippen molar-refractivity contribution in [2.75, 3.05) is 23.8 Å². The number of hydrogen-bond acceptors (Lipinski definition) is 4. The Labute approximate surface area is 178 Å². The summed E-state index contributed by atoms with van der Waals surface area (Å²) in [5.74, 6) is 1.42. The van der Waals surface area contributed by atoms with Crippen molar-refractivity contribution in [2.45, 2.75) is 26.4 Å². The molecule has 0 aliphatic heterocycles. The van der Waals surface area contributed by atoms with Gasteiger partial charge in [-0.05, 0) is 55.8 Å². The molecule has 30 heavy (non-hydrogen) atoms. The highest BCUT2D eigenvalue weighted by atomic mass is 16.5. The second-order valence-electron chi connectivity index (χ2n) is 7.20. The van der Waals surface area contributed by atoms with Crippen molar-refractivity contribution in [1.29, 1.82) is 0 Å². The van der Waals surface area contributed by atoms with Crippen LogP contribution >= 0.6 is 0 Å². The van der Waals surface area contributed by atoms with Crippen LogP contribution in [0.4, 0.5) is 11.4 Å². The van der Waals surface area contributed by atoms with E-state index in [4.69, 9.17) is 9.47 Å². The predicted molar refractivity (Wildman–Crippen MR) is 121 cm³/mol. The molecule has 0 saturated carbocycles. The molecule has 0 spiro atoms. The lowest BCUT2D eigenvalue weighted by Crippen LogP contribution is -2.21. The maximum Gasteiger partial charge on any atom is 0.243 e. The highest BCUT2D eigenvalue weighted by molar-refractivity contribution is 5.93. The number of hydrogen-bond donors (Lipinski definition) is 2. The Balaban J connectivity index is 1.44. The number of rotatable bonds is 10. The third kappa shape index (κ3) is 7.17. The molecule has 0 atom stereocenters. The molecule has 3 aromatic carbocycles. The lowest BCUT2D eigenvalue weighted by Gasteiger charge is -2.12. The lowest BCUT2D eigenvalue weighted by molar-refractivity contribution is -0.114. The highest BCUT2D eigenvalue weighted by Crippen LogP contribution is 2.19. The van der Waals surface area contributed by atoms with E-state index in [0.29, 0.717) is 12.3 Å². The number of carbonyl (C=O) groups excluding carboxylic acids is 1. The van der Waals surface area contributed by atoms with Gasteiger partial charge in [-0.3, -0.25) is 4.79 Å². The summed E-state index contributed by atoms with van der Waals surface area (Å²) in [5.41, 5.74) is 2.80. The van der Waals surface area contributed by atoms with E-state index in [9.17, 15) is 4.79 Å². The van der Waals surface area contributed by atoms with Crippen LogP contribution in [0.15, 0.2) is 78.9 Å². The second-order valence-corrected chi connectivity index (χ2v) is 7.20. The number of anilines is 2. The van der Waals surface area contributed by atoms with E-state index in [1.807, 2.05) is 80.6 Å². The van der Waals surface area contributed by atoms with Gasteiger partial charge in [0.1, 0.15) is 11.5 Å². The highest BCUT2D eigenvalue weighted by Gasteiger charge is 2.05. The smallest absolute Gasteiger partial charge is 0.243 e. The summed E-state index contributed by atoms with van der Waals surface area (Å²) >= 11 is 0. The Hall–Kier alpha value is -3.47. The molecule has 1 amide bonds. The number of amides is 1. The van der Waals surface area contributed by atoms with E-state index in [1.165, 1.54) is 5.56 Å². The zero-order valence-corrected chi connectivity index (χ0v) is 17.4. The van der Waals surface area contributed by atoms with Crippen molar-refractivity contribution in [3.8, 4) is 11.5 Å². The Kier molecular flexibility index (Phi) is 7.72. The van der Waals surface area contributed by atoms with Gasteiger partial charge in [-0.1, -0.05) is 36.4 Å². The van der Waals surface area contributed by atoms with Crippen molar-refractivity contribution in [1.82, 2.24) is 0 Å². The molecule has 2 N–H and O–H groups in total. The minimum atomic E-state index is -0.126. The van der Waals surface area contributed by atoms with Gasteiger partial charge >= 0.3 is 0 Å². The fraction of sp³-hybridized carbons (Fsp3) is 0.240. The van der Waals surface area contributed by atoms with E-state index in [2.05, 4.69) is 22.8 Å². The summed E-state index contributed by atoms with van der Waals surface area (Å²) in [4.78, 5) is 12.3. The average Bonchev–Trinajstić information content (AvgIpc) is 2.74. The van der Waals surface area contributed by atoms with E-state index in [-0.39, 0.29) is 18.6 Å². The van der Waals surface area contributed by atoms with Gasteiger partial charge in [-0.25, -0.2) is 0 Å². The number of carbonyl (C=O) groups is 1. The average molecular weight is 405 g/mol. The van der Waals surface area contributed by atoms with E-state index in [1.54, 1.807) is 0 Å². The summed E-state index contributed by atoms with van der Waals surface area (Å²) in [5, 5.41) is 6.01. The molecule has 0 radical (unpaired) electrons. The van der Waals surface area contributed by atoms with Crippen molar-refractivity contribution < 1.29 is 14.3 Å². The molecule has 5 nitrogen and oxygen atoms in total. The van der Waals surface area contributed by atoms with Crippen molar-refractivity contribution in [3.63, 3.8) is 0 Å². The van der Waals surface area contributed by atoms with Crippen LogP contribution in [0.5, 0.6) is 11.5 Å². The molecule has 0 aromatic heterocycles. The molecule has 0 unspecified atom stereocenters. The molecule has 5 heteroatoms. The van der Waals surface area contributed by atoms with Crippen LogP contribution in [0.3, 0.4) is 0 Å². The Bertz CT molecular complexity index is 925. The SMILES string of the molecule is CC(C)Oc1ccc(NCC(=O)Nc2cccc(OCCc3ccccc3)c2)cc1. The number of nitrogens with one attached hydrogen (secondary N) is 2. The Morgan fingerprint density at radius 3 is 2.37 bits per heavy atom. The van der Waals surface area contributed by atoms with Gasteiger partial charge in [-0.15, -0.1) is 0 Å².